The maximum atomic E-state index is 12.6. The zero-order valence-corrected chi connectivity index (χ0v) is 21.1. The van der Waals surface area contributed by atoms with Crippen molar-refractivity contribution >= 4 is 21.9 Å². The molecule has 6 nitrogen and oxygen atoms in total. The summed E-state index contributed by atoms with van der Waals surface area (Å²) in [5.41, 5.74) is 9.48. The van der Waals surface area contributed by atoms with Crippen LogP contribution in [0.15, 0.2) is 113 Å². The number of halogens is 1. The van der Waals surface area contributed by atoms with Gasteiger partial charge in [0.25, 0.3) is 0 Å². The van der Waals surface area contributed by atoms with Crippen LogP contribution in [0.3, 0.4) is 0 Å². The van der Waals surface area contributed by atoms with E-state index in [4.69, 9.17) is 19.9 Å². The molecular formula is C30H21BrN2O4. The number of ether oxygens (including phenoxy) is 3. The Hall–Kier alpha value is -4.54. The summed E-state index contributed by atoms with van der Waals surface area (Å²) in [4.78, 5) is 12.6. The standard InChI is InChI=1S/C30H21BrN2O4/c31-22-11-9-20(10-12-22)30(34)36-24-13-14-25-27(16-24)37-29(33)26(17-32)28(25)21-7-4-8-23(15-21)35-18-19-5-2-1-3-6-19/h1-16,28H,18,33H2. The molecule has 0 bridgehead atoms. The van der Waals surface area contributed by atoms with E-state index in [-0.39, 0.29) is 5.88 Å². The smallest absolute Gasteiger partial charge is 0.343 e. The van der Waals surface area contributed by atoms with Crippen molar-refractivity contribution in [3.8, 4) is 23.3 Å². The molecule has 1 unspecified atom stereocenters. The minimum absolute atomic E-state index is 0.00648. The first-order valence-electron chi connectivity index (χ1n) is 11.5. The number of hydrogen-bond acceptors (Lipinski definition) is 6. The van der Waals surface area contributed by atoms with E-state index in [0.29, 0.717) is 35.0 Å². The highest BCUT2D eigenvalue weighted by Crippen LogP contribution is 2.44. The first-order valence-corrected chi connectivity index (χ1v) is 12.3. The molecule has 1 aliphatic rings. The summed E-state index contributed by atoms with van der Waals surface area (Å²) < 4.78 is 18.2. The summed E-state index contributed by atoms with van der Waals surface area (Å²) in [5, 5.41) is 9.89. The Bertz CT molecular complexity index is 1530. The maximum Gasteiger partial charge on any atom is 0.343 e. The van der Waals surface area contributed by atoms with Crippen molar-refractivity contribution in [3.05, 3.63) is 135 Å². The van der Waals surface area contributed by atoms with E-state index >= 15 is 0 Å². The highest BCUT2D eigenvalue weighted by atomic mass is 79.9. The van der Waals surface area contributed by atoms with Gasteiger partial charge in [-0.2, -0.15) is 5.26 Å². The van der Waals surface area contributed by atoms with Crippen molar-refractivity contribution < 1.29 is 19.0 Å². The molecule has 0 saturated heterocycles. The van der Waals surface area contributed by atoms with Crippen molar-refractivity contribution in [2.45, 2.75) is 12.5 Å². The molecule has 37 heavy (non-hydrogen) atoms. The molecule has 0 aromatic heterocycles. The number of rotatable bonds is 6. The lowest BCUT2D eigenvalue weighted by Gasteiger charge is -2.27. The molecule has 0 fully saturated rings. The molecule has 1 atom stereocenters. The minimum atomic E-state index is -0.496. The molecule has 0 spiro atoms. The van der Waals surface area contributed by atoms with Crippen LogP contribution in [0.5, 0.6) is 17.2 Å². The van der Waals surface area contributed by atoms with Crippen LogP contribution in [0.1, 0.15) is 33.0 Å². The van der Waals surface area contributed by atoms with Crippen LogP contribution in [-0.4, -0.2) is 5.97 Å². The van der Waals surface area contributed by atoms with E-state index in [1.807, 2.05) is 54.6 Å². The van der Waals surface area contributed by atoms with Gasteiger partial charge < -0.3 is 19.9 Å². The summed E-state index contributed by atoms with van der Waals surface area (Å²) in [6, 6.07) is 31.6. The van der Waals surface area contributed by atoms with E-state index in [2.05, 4.69) is 22.0 Å². The largest absolute Gasteiger partial charge is 0.489 e. The molecule has 1 heterocycles. The molecule has 7 heteroatoms. The van der Waals surface area contributed by atoms with Crippen LogP contribution < -0.4 is 19.9 Å². The number of fused-ring (bicyclic) bond motifs is 1. The number of carbonyl (C=O) groups is 1. The van der Waals surface area contributed by atoms with Gasteiger partial charge in [-0.05, 0) is 53.6 Å². The molecule has 0 radical (unpaired) electrons. The van der Waals surface area contributed by atoms with E-state index in [9.17, 15) is 10.1 Å². The number of allylic oxidation sites excluding steroid dienone is 1. The molecule has 1 aliphatic heterocycles. The second-order valence-electron chi connectivity index (χ2n) is 8.37. The van der Waals surface area contributed by atoms with E-state index in [1.54, 1.807) is 42.5 Å². The first kappa shape index (κ1) is 24.2. The SMILES string of the molecule is N#CC1=C(N)Oc2cc(OC(=O)c3ccc(Br)cc3)ccc2C1c1cccc(OCc2ccccc2)c1. The van der Waals surface area contributed by atoms with Gasteiger partial charge in [0, 0.05) is 16.1 Å². The molecule has 0 amide bonds. The second kappa shape index (κ2) is 10.6. The number of carbonyl (C=O) groups excluding carboxylic acids is 1. The Morgan fingerprint density at radius 3 is 2.49 bits per heavy atom. The molecular weight excluding hydrogens is 532 g/mol. The number of nitrogens with zero attached hydrogens (tertiary/aromatic N) is 1. The van der Waals surface area contributed by atoms with Crippen LogP contribution in [-0.2, 0) is 6.61 Å². The number of esters is 1. The van der Waals surface area contributed by atoms with E-state index < -0.39 is 11.9 Å². The molecule has 5 rings (SSSR count). The fourth-order valence-corrected chi connectivity index (χ4v) is 4.38. The zero-order valence-electron chi connectivity index (χ0n) is 19.6. The Morgan fingerprint density at radius 1 is 0.946 bits per heavy atom. The lowest BCUT2D eigenvalue weighted by atomic mass is 9.83. The molecule has 0 aliphatic carbocycles. The van der Waals surface area contributed by atoms with Crippen molar-refractivity contribution in [2.75, 3.05) is 0 Å². The van der Waals surface area contributed by atoms with Gasteiger partial charge in [0.2, 0.25) is 5.88 Å². The molecule has 4 aromatic carbocycles. The van der Waals surface area contributed by atoms with Gasteiger partial charge in [-0.15, -0.1) is 0 Å². The van der Waals surface area contributed by atoms with Gasteiger partial charge in [-0.25, -0.2) is 4.79 Å². The Morgan fingerprint density at radius 2 is 1.73 bits per heavy atom. The Labute approximate surface area is 222 Å². The number of nitriles is 1. The normalized spacial score (nSPS) is 14.2. The monoisotopic (exact) mass is 552 g/mol. The average molecular weight is 553 g/mol. The summed E-state index contributed by atoms with van der Waals surface area (Å²) >= 11 is 3.35. The van der Waals surface area contributed by atoms with Gasteiger partial charge in [0.05, 0.1) is 11.5 Å². The van der Waals surface area contributed by atoms with E-state index in [0.717, 1.165) is 21.2 Å². The van der Waals surface area contributed by atoms with Crippen LogP contribution in [0.4, 0.5) is 0 Å². The Balaban J connectivity index is 1.42. The molecule has 2 N–H and O–H groups in total. The highest BCUT2D eigenvalue weighted by Gasteiger charge is 2.31. The summed E-state index contributed by atoms with van der Waals surface area (Å²) in [5.74, 6) is 0.434. The number of benzene rings is 4. The molecule has 182 valence electrons. The van der Waals surface area contributed by atoms with Crippen molar-refractivity contribution in [1.82, 2.24) is 0 Å². The van der Waals surface area contributed by atoms with Gasteiger partial charge in [-0.3, -0.25) is 0 Å². The predicted octanol–water partition coefficient (Wildman–Crippen LogP) is 6.47. The maximum absolute atomic E-state index is 12.6. The zero-order chi connectivity index (χ0) is 25.8. The third-order valence-corrected chi connectivity index (χ3v) is 6.45. The average Bonchev–Trinajstić information content (AvgIpc) is 2.92. The fourth-order valence-electron chi connectivity index (χ4n) is 4.12. The van der Waals surface area contributed by atoms with Crippen molar-refractivity contribution in [1.29, 1.82) is 5.26 Å². The minimum Gasteiger partial charge on any atom is -0.489 e. The summed E-state index contributed by atoms with van der Waals surface area (Å²) in [7, 11) is 0. The van der Waals surface area contributed by atoms with Crippen LogP contribution in [0.2, 0.25) is 0 Å². The predicted molar refractivity (Wildman–Crippen MR) is 142 cm³/mol. The number of nitrogens with two attached hydrogens (primary N) is 1. The third-order valence-electron chi connectivity index (χ3n) is 5.92. The van der Waals surface area contributed by atoms with Gasteiger partial charge in [-0.1, -0.05) is 64.5 Å². The topological polar surface area (TPSA) is 94.6 Å². The number of hydrogen-bond donors (Lipinski definition) is 1. The van der Waals surface area contributed by atoms with Crippen LogP contribution >= 0.6 is 15.9 Å². The first-order chi connectivity index (χ1) is 18.0. The van der Waals surface area contributed by atoms with Gasteiger partial charge in [0.15, 0.2) is 0 Å². The lowest BCUT2D eigenvalue weighted by Crippen LogP contribution is -2.21. The summed E-state index contributed by atoms with van der Waals surface area (Å²) in [6.07, 6.45) is 0. The van der Waals surface area contributed by atoms with Gasteiger partial charge >= 0.3 is 5.97 Å². The fraction of sp³-hybridized carbons (Fsp3) is 0.0667. The van der Waals surface area contributed by atoms with Crippen LogP contribution in [0.25, 0.3) is 0 Å². The van der Waals surface area contributed by atoms with E-state index in [1.165, 1.54) is 0 Å². The Kier molecular flexibility index (Phi) is 6.93. The van der Waals surface area contributed by atoms with Crippen molar-refractivity contribution in [3.63, 3.8) is 0 Å². The molecule has 4 aromatic rings. The summed E-state index contributed by atoms with van der Waals surface area (Å²) in [6.45, 7) is 0.421. The highest BCUT2D eigenvalue weighted by molar-refractivity contribution is 9.10. The van der Waals surface area contributed by atoms with Crippen LogP contribution in [0, 0.1) is 11.3 Å². The lowest BCUT2D eigenvalue weighted by molar-refractivity contribution is 0.0734. The molecule has 0 saturated carbocycles. The van der Waals surface area contributed by atoms with Gasteiger partial charge in [0.1, 0.15) is 35.5 Å². The van der Waals surface area contributed by atoms with Crippen molar-refractivity contribution in [2.24, 2.45) is 5.73 Å². The third kappa shape index (κ3) is 5.35. The quantitative estimate of drug-likeness (QED) is 0.217. The second-order valence-corrected chi connectivity index (χ2v) is 9.28.